The van der Waals surface area contributed by atoms with Crippen LogP contribution in [-0.4, -0.2) is 25.6 Å². The highest BCUT2D eigenvalue weighted by atomic mass is 35.5. The Balaban J connectivity index is 1.96. The molecule has 23 heavy (non-hydrogen) atoms. The zero-order valence-corrected chi connectivity index (χ0v) is 13.3. The molecule has 1 aliphatic carbocycles. The van der Waals surface area contributed by atoms with Crippen molar-refractivity contribution in [2.24, 2.45) is 0 Å². The van der Waals surface area contributed by atoms with Crippen molar-refractivity contribution in [2.75, 3.05) is 5.32 Å². The largest absolute Gasteiger partial charge is 0.351 e. The number of benzene rings is 1. The summed E-state index contributed by atoms with van der Waals surface area (Å²) in [7, 11) is 0. The molecule has 2 heterocycles. The monoisotopic (exact) mass is 347 g/mol. The Labute approximate surface area is 141 Å². The first-order chi connectivity index (χ1) is 11.1. The second kappa shape index (κ2) is 5.47. The standard InChI is InChI=1S/C15H11Cl2N5O/c16-8-1-5-10(6-2-8)22-13-11(20-12(17)14(22)23)7-18-15(21-13)19-9-3-4-9/h1-2,5-7,9H,3-4H2,(H,18,19,21). The summed E-state index contributed by atoms with van der Waals surface area (Å²) in [6.07, 6.45) is 3.76. The molecule has 0 saturated heterocycles. The van der Waals surface area contributed by atoms with Gasteiger partial charge in [-0.1, -0.05) is 23.2 Å². The topological polar surface area (TPSA) is 72.7 Å². The number of hydrogen-bond donors (Lipinski definition) is 1. The smallest absolute Gasteiger partial charge is 0.294 e. The van der Waals surface area contributed by atoms with Gasteiger partial charge in [0.05, 0.1) is 11.9 Å². The fourth-order valence-corrected chi connectivity index (χ4v) is 2.56. The van der Waals surface area contributed by atoms with Crippen LogP contribution in [0.5, 0.6) is 0 Å². The number of rotatable bonds is 3. The van der Waals surface area contributed by atoms with Gasteiger partial charge in [-0.05, 0) is 37.1 Å². The lowest BCUT2D eigenvalue weighted by molar-refractivity contribution is 0.969. The average molecular weight is 348 g/mol. The normalized spacial score (nSPS) is 14.2. The van der Waals surface area contributed by atoms with Crippen LogP contribution in [0.4, 0.5) is 5.95 Å². The summed E-state index contributed by atoms with van der Waals surface area (Å²) >= 11 is 11.9. The van der Waals surface area contributed by atoms with E-state index in [4.69, 9.17) is 23.2 Å². The van der Waals surface area contributed by atoms with Crippen LogP contribution in [0.15, 0.2) is 35.3 Å². The molecule has 1 N–H and O–H groups in total. The summed E-state index contributed by atoms with van der Waals surface area (Å²) in [6.45, 7) is 0. The Morgan fingerprint density at radius 3 is 2.57 bits per heavy atom. The first-order valence-corrected chi connectivity index (χ1v) is 7.85. The van der Waals surface area contributed by atoms with Gasteiger partial charge in [-0.2, -0.15) is 4.98 Å². The molecule has 116 valence electrons. The minimum Gasteiger partial charge on any atom is -0.351 e. The Morgan fingerprint density at radius 1 is 1.13 bits per heavy atom. The first kappa shape index (κ1) is 14.4. The predicted octanol–water partition coefficient (Wildman–Crippen LogP) is 3.06. The molecular formula is C15H11Cl2N5O. The first-order valence-electron chi connectivity index (χ1n) is 7.09. The lowest BCUT2D eigenvalue weighted by Crippen LogP contribution is -2.22. The molecule has 0 aliphatic heterocycles. The van der Waals surface area contributed by atoms with Crippen LogP contribution in [0, 0.1) is 0 Å². The van der Waals surface area contributed by atoms with Crippen molar-refractivity contribution in [3.8, 4) is 5.69 Å². The fourth-order valence-electron chi connectivity index (χ4n) is 2.26. The maximum atomic E-state index is 12.5. The fraction of sp³-hybridized carbons (Fsp3) is 0.200. The highest BCUT2D eigenvalue weighted by Crippen LogP contribution is 2.24. The third-order valence-corrected chi connectivity index (χ3v) is 4.05. The van der Waals surface area contributed by atoms with Crippen LogP contribution in [-0.2, 0) is 0 Å². The lowest BCUT2D eigenvalue weighted by atomic mass is 10.3. The van der Waals surface area contributed by atoms with E-state index in [9.17, 15) is 4.79 Å². The molecule has 8 heteroatoms. The molecule has 0 atom stereocenters. The van der Waals surface area contributed by atoms with E-state index in [-0.39, 0.29) is 5.15 Å². The molecule has 2 aromatic heterocycles. The average Bonchev–Trinajstić information content (AvgIpc) is 3.34. The van der Waals surface area contributed by atoms with E-state index < -0.39 is 5.56 Å². The molecule has 4 rings (SSSR count). The molecule has 3 aromatic rings. The number of aromatic nitrogens is 4. The van der Waals surface area contributed by atoms with Crippen LogP contribution in [0.3, 0.4) is 0 Å². The van der Waals surface area contributed by atoms with Gasteiger partial charge < -0.3 is 5.32 Å². The van der Waals surface area contributed by atoms with Crippen molar-refractivity contribution in [3.63, 3.8) is 0 Å². The van der Waals surface area contributed by atoms with Gasteiger partial charge in [0.25, 0.3) is 5.56 Å². The summed E-state index contributed by atoms with van der Waals surface area (Å²) < 4.78 is 1.42. The summed E-state index contributed by atoms with van der Waals surface area (Å²) in [5.41, 5.74) is 1.04. The molecule has 1 aromatic carbocycles. The number of nitrogens with one attached hydrogen (secondary N) is 1. The van der Waals surface area contributed by atoms with Gasteiger partial charge in [-0.15, -0.1) is 0 Å². The van der Waals surface area contributed by atoms with Gasteiger partial charge in [-0.3, -0.25) is 9.36 Å². The lowest BCUT2D eigenvalue weighted by Gasteiger charge is -2.11. The van der Waals surface area contributed by atoms with E-state index in [1.54, 1.807) is 30.5 Å². The second-order valence-corrected chi connectivity index (χ2v) is 6.14. The second-order valence-electron chi connectivity index (χ2n) is 5.34. The molecule has 0 amide bonds. The molecule has 0 unspecified atom stereocenters. The number of anilines is 1. The van der Waals surface area contributed by atoms with Gasteiger partial charge in [0.2, 0.25) is 5.95 Å². The maximum absolute atomic E-state index is 12.5. The summed E-state index contributed by atoms with van der Waals surface area (Å²) in [5, 5.41) is 3.66. The Kier molecular flexibility index (Phi) is 3.43. The predicted molar refractivity (Wildman–Crippen MR) is 89.6 cm³/mol. The Hall–Kier alpha value is -2.18. The van der Waals surface area contributed by atoms with Gasteiger partial charge in [0.15, 0.2) is 10.8 Å². The number of nitrogens with zero attached hydrogens (tertiary/aromatic N) is 4. The third-order valence-electron chi connectivity index (χ3n) is 3.56. The molecule has 0 spiro atoms. The van der Waals surface area contributed by atoms with Gasteiger partial charge in [-0.25, -0.2) is 9.97 Å². The molecule has 1 fully saturated rings. The van der Waals surface area contributed by atoms with Gasteiger partial charge in [0.1, 0.15) is 5.52 Å². The molecule has 6 nitrogen and oxygen atoms in total. The third kappa shape index (κ3) is 2.75. The van der Waals surface area contributed by atoms with Crippen molar-refractivity contribution >= 4 is 40.3 Å². The Morgan fingerprint density at radius 2 is 1.87 bits per heavy atom. The Bertz CT molecular complexity index is 950. The minimum atomic E-state index is -0.433. The summed E-state index contributed by atoms with van der Waals surface area (Å²) in [5.74, 6) is 0.478. The molecule has 0 radical (unpaired) electrons. The molecule has 1 saturated carbocycles. The van der Waals surface area contributed by atoms with Crippen LogP contribution in [0.1, 0.15) is 12.8 Å². The zero-order chi connectivity index (χ0) is 16.0. The number of hydrogen-bond acceptors (Lipinski definition) is 5. The number of fused-ring (bicyclic) bond motifs is 1. The molecule has 1 aliphatic rings. The van der Waals surface area contributed by atoms with Crippen molar-refractivity contribution < 1.29 is 0 Å². The zero-order valence-electron chi connectivity index (χ0n) is 11.8. The van der Waals surface area contributed by atoms with Crippen LogP contribution >= 0.6 is 23.2 Å². The van der Waals surface area contributed by atoms with Crippen LogP contribution in [0.25, 0.3) is 16.9 Å². The highest BCUT2D eigenvalue weighted by molar-refractivity contribution is 6.30. The van der Waals surface area contributed by atoms with E-state index in [2.05, 4.69) is 20.3 Å². The van der Waals surface area contributed by atoms with Crippen LogP contribution < -0.4 is 10.9 Å². The van der Waals surface area contributed by atoms with Crippen molar-refractivity contribution in [1.82, 2.24) is 19.5 Å². The van der Waals surface area contributed by atoms with E-state index in [1.165, 1.54) is 4.57 Å². The quantitative estimate of drug-likeness (QED) is 0.788. The highest BCUT2D eigenvalue weighted by Gasteiger charge is 2.22. The SMILES string of the molecule is O=c1c(Cl)nc2cnc(NC3CC3)nc2n1-c1ccc(Cl)cc1. The van der Waals surface area contributed by atoms with E-state index in [1.807, 2.05) is 0 Å². The van der Waals surface area contributed by atoms with Gasteiger partial charge in [0, 0.05) is 11.1 Å². The van der Waals surface area contributed by atoms with E-state index >= 15 is 0 Å². The molecule has 0 bridgehead atoms. The van der Waals surface area contributed by atoms with Crippen molar-refractivity contribution in [2.45, 2.75) is 18.9 Å². The van der Waals surface area contributed by atoms with Gasteiger partial charge >= 0.3 is 0 Å². The van der Waals surface area contributed by atoms with E-state index in [0.717, 1.165) is 12.8 Å². The summed E-state index contributed by atoms with van der Waals surface area (Å²) in [6, 6.07) is 7.27. The van der Waals surface area contributed by atoms with Crippen molar-refractivity contribution in [3.05, 3.63) is 51.0 Å². The number of halogens is 2. The van der Waals surface area contributed by atoms with Crippen LogP contribution in [0.2, 0.25) is 10.2 Å². The van der Waals surface area contributed by atoms with Crippen molar-refractivity contribution in [1.29, 1.82) is 0 Å². The minimum absolute atomic E-state index is 0.126. The molecular weight excluding hydrogens is 337 g/mol. The maximum Gasteiger partial charge on any atom is 0.294 e. The summed E-state index contributed by atoms with van der Waals surface area (Å²) in [4.78, 5) is 25.2. The van der Waals surface area contributed by atoms with E-state index in [0.29, 0.717) is 33.9 Å².